The molecule has 0 aromatic rings. The minimum Gasteiger partial charge on any atom is -0.468 e. The molecule has 0 radical (unpaired) electrons. The summed E-state index contributed by atoms with van der Waals surface area (Å²) in [5, 5.41) is 8.73. The molecular weight excluding hydrogens is 178 g/mol. The highest BCUT2D eigenvalue weighted by Crippen LogP contribution is 2.23. The second-order valence-electron chi connectivity index (χ2n) is 3.50. The summed E-state index contributed by atoms with van der Waals surface area (Å²) in [5.74, 6) is -1.01. The van der Waals surface area contributed by atoms with E-state index in [-0.39, 0.29) is 0 Å². The van der Waals surface area contributed by atoms with Crippen molar-refractivity contribution in [3.05, 3.63) is 11.6 Å². The first kappa shape index (κ1) is 10.8. The second-order valence-corrected chi connectivity index (χ2v) is 3.50. The Hall–Kier alpha value is -1.30. The van der Waals surface area contributed by atoms with Crippen LogP contribution in [0.2, 0.25) is 0 Å². The van der Waals surface area contributed by atoms with Gasteiger partial charge >= 0.3 is 5.97 Å². The molecule has 0 heterocycles. The van der Waals surface area contributed by atoms with Crippen LogP contribution in [-0.4, -0.2) is 13.1 Å². The molecule has 0 amide bonds. The number of nitriles is 1. The van der Waals surface area contributed by atoms with Crippen molar-refractivity contribution in [3.8, 4) is 6.07 Å². The first-order valence-corrected chi connectivity index (χ1v) is 4.93. The zero-order chi connectivity index (χ0) is 10.4. The van der Waals surface area contributed by atoms with E-state index in [0.29, 0.717) is 6.42 Å². The van der Waals surface area contributed by atoms with Crippen molar-refractivity contribution in [2.45, 2.75) is 32.1 Å². The molecule has 14 heavy (non-hydrogen) atoms. The molecule has 1 rings (SSSR count). The number of methoxy groups -OCH3 is 1. The van der Waals surface area contributed by atoms with Gasteiger partial charge in [0.05, 0.1) is 13.2 Å². The maximum atomic E-state index is 11.1. The number of allylic oxidation sites excluding steroid dienone is 2. The molecule has 3 nitrogen and oxygen atoms in total. The minimum absolute atomic E-state index is 0.411. The van der Waals surface area contributed by atoms with Gasteiger partial charge in [-0.15, -0.1) is 0 Å². The zero-order valence-corrected chi connectivity index (χ0v) is 8.45. The Balaban J connectivity index is 2.34. The fourth-order valence-electron chi connectivity index (χ4n) is 1.67. The molecule has 0 aromatic heterocycles. The van der Waals surface area contributed by atoms with Gasteiger partial charge in [-0.2, -0.15) is 5.26 Å². The lowest BCUT2D eigenvalue weighted by molar-refractivity contribution is -0.143. The third-order valence-electron chi connectivity index (χ3n) is 2.53. The standard InChI is InChI=1S/C11H15NO2/c1-14-11(13)10(8-12)7-6-9-4-2-3-5-9/h4,10H,2-3,5-7H2,1H3. The van der Waals surface area contributed by atoms with Crippen molar-refractivity contribution in [2.24, 2.45) is 5.92 Å². The third-order valence-corrected chi connectivity index (χ3v) is 2.53. The Morgan fingerprint density at radius 2 is 2.57 bits per heavy atom. The van der Waals surface area contributed by atoms with Gasteiger partial charge in [-0.3, -0.25) is 4.79 Å². The lowest BCUT2D eigenvalue weighted by Crippen LogP contribution is -2.14. The number of nitrogens with zero attached hydrogens (tertiary/aromatic N) is 1. The van der Waals surface area contributed by atoms with Gasteiger partial charge < -0.3 is 4.74 Å². The Morgan fingerprint density at radius 1 is 1.79 bits per heavy atom. The summed E-state index contributed by atoms with van der Waals surface area (Å²) in [4.78, 5) is 11.1. The molecule has 76 valence electrons. The van der Waals surface area contributed by atoms with Crippen LogP contribution in [0.25, 0.3) is 0 Å². The number of hydrogen-bond acceptors (Lipinski definition) is 3. The monoisotopic (exact) mass is 193 g/mol. The van der Waals surface area contributed by atoms with Crippen LogP contribution in [0, 0.1) is 17.2 Å². The predicted octanol–water partition coefficient (Wildman–Crippen LogP) is 2.19. The van der Waals surface area contributed by atoms with Crippen LogP contribution in [0.5, 0.6) is 0 Å². The molecule has 0 saturated carbocycles. The Labute approximate surface area is 84.4 Å². The van der Waals surface area contributed by atoms with Crippen LogP contribution in [0.4, 0.5) is 0 Å². The van der Waals surface area contributed by atoms with Crippen LogP contribution in [-0.2, 0) is 9.53 Å². The van der Waals surface area contributed by atoms with Gasteiger partial charge in [0.2, 0.25) is 0 Å². The van der Waals surface area contributed by atoms with E-state index in [4.69, 9.17) is 5.26 Å². The van der Waals surface area contributed by atoms with Crippen molar-refractivity contribution in [1.82, 2.24) is 0 Å². The summed E-state index contributed by atoms with van der Waals surface area (Å²) in [6.45, 7) is 0. The van der Waals surface area contributed by atoms with E-state index in [9.17, 15) is 4.79 Å². The molecule has 0 fully saturated rings. The van der Waals surface area contributed by atoms with Crippen LogP contribution in [0.1, 0.15) is 32.1 Å². The molecule has 1 atom stereocenters. The highest BCUT2D eigenvalue weighted by molar-refractivity contribution is 5.74. The predicted molar refractivity (Wildman–Crippen MR) is 52.3 cm³/mol. The number of hydrogen-bond donors (Lipinski definition) is 0. The smallest absolute Gasteiger partial charge is 0.323 e. The van der Waals surface area contributed by atoms with E-state index in [1.165, 1.54) is 19.1 Å². The summed E-state index contributed by atoms with van der Waals surface area (Å²) in [6.07, 6.45) is 7.14. The van der Waals surface area contributed by atoms with E-state index in [0.717, 1.165) is 19.3 Å². The largest absolute Gasteiger partial charge is 0.468 e. The van der Waals surface area contributed by atoms with E-state index >= 15 is 0 Å². The van der Waals surface area contributed by atoms with Gasteiger partial charge in [0.15, 0.2) is 0 Å². The van der Waals surface area contributed by atoms with Crippen molar-refractivity contribution in [1.29, 1.82) is 5.26 Å². The topological polar surface area (TPSA) is 50.1 Å². The molecule has 0 aromatic carbocycles. The SMILES string of the molecule is COC(=O)C(C#N)CCC1=CCCC1. The Bertz CT molecular complexity index is 276. The van der Waals surface area contributed by atoms with Crippen LogP contribution in [0.15, 0.2) is 11.6 Å². The van der Waals surface area contributed by atoms with Crippen molar-refractivity contribution in [3.63, 3.8) is 0 Å². The van der Waals surface area contributed by atoms with E-state index < -0.39 is 11.9 Å². The lowest BCUT2D eigenvalue weighted by Gasteiger charge is -2.06. The summed E-state index contributed by atoms with van der Waals surface area (Å²) >= 11 is 0. The molecular formula is C11H15NO2. The molecule has 0 N–H and O–H groups in total. The Kier molecular flexibility index (Phi) is 4.18. The van der Waals surface area contributed by atoms with Gasteiger partial charge in [-0.1, -0.05) is 11.6 Å². The summed E-state index contributed by atoms with van der Waals surface area (Å²) in [6, 6.07) is 1.97. The number of rotatable bonds is 4. The van der Waals surface area contributed by atoms with Crippen molar-refractivity contribution < 1.29 is 9.53 Å². The lowest BCUT2D eigenvalue weighted by atomic mass is 10.0. The first-order chi connectivity index (χ1) is 6.77. The number of carbonyl (C=O) groups excluding carboxylic acids is 1. The van der Waals surface area contributed by atoms with E-state index in [1.807, 2.05) is 6.07 Å². The average molecular weight is 193 g/mol. The minimum atomic E-state index is -0.596. The third kappa shape index (κ3) is 2.88. The second kappa shape index (κ2) is 5.43. The van der Waals surface area contributed by atoms with Crippen LogP contribution < -0.4 is 0 Å². The highest BCUT2D eigenvalue weighted by Gasteiger charge is 2.18. The van der Waals surface area contributed by atoms with Crippen molar-refractivity contribution in [2.75, 3.05) is 7.11 Å². The normalized spacial score (nSPS) is 17.0. The molecule has 0 spiro atoms. The van der Waals surface area contributed by atoms with Gasteiger partial charge in [-0.05, 0) is 32.1 Å². The zero-order valence-electron chi connectivity index (χ0n) is 8.45. The summed E-state index contributed by atoms with van der Waals surface area (Å²) < 4.78 is 4.54. The summed E-state index contributed by atoms with van der Waals surface area (Å²) in [7, 11) is 1.32. The Morgan fingerprint density at radius 3 is 3.07 bits per heavy atom. The first-order valence-electron chi connectivity index (χ1n) is 4.93. The van der Waals surface area contributed by atoms with E-state index in [2.05, 4.69) is 10.8 Å². The van der Waals surface area contributed by atoms with Crippen LogP contribution >= 0.6 is 0 Å². The quantitative estimate of drug-likeness (QED) is 0.508. The fourth-order valence-corrected chi connectivity index (χ4v) is 1.67. The maximum absolute atomic E-state index is 11.1. The maximum Gasteiger partial charge on any atom is 0.323 e. The average Bonchev–Trinajstić information content (AvgIpc) is 2.71. The number of ether oxygens (including phenoxy) is 1. The van der Waals surface area contributed by atoms with Gasteiger partial charge in [0.1, 0.15) is 5.92 Å². The molecule has 0 bridgehead atoms. The molecule has 1 aliphatic carbocycles. The van der Waals surface area contributed by atoms with Crippen LogP contribution in [0.3, 0.4) is 0 Å². The fraction of sp³-hybridized carbons (Fsp3) is 0.636. The number of carbonyl (C=O) groups is 1. The number of esters is 1. The summed E-state index contributed by atoms with van der Waals surface area (Å²) in [5.41, 5.74) is 1.38. The molecule has 0 aliphatic heterocycles. The van der Waals surface area contributed by atoms with Gasteiger partial charge in [0.25, 0.3) is 0 Å². The molecule has 3 heteroatoms. The van der Waals surface area contributed by atoms with Gasteiger partial charge in [0, 0.05) is 0 Å². The molecule has 1 unspecified atom stereocenters. The highest BCUT2D eigenvalue weighted by atomic mass is 16.5. The molecule has 0 saturated heterocycles. The molecule has 1 aliphatic rings. The van der Waals surface area contributed by atoms with Crippen molar-refractivity contribution >= 4 is 5.97 Å². The van der Waals surface area contributed by atoms with E-state index in [1.54, 1.807) is 0 Å². The van der Waals surface area contributed by atoms with Gasteiger partial charge in [-0.25, -0.2) is 0 Å².